The van der Waals surface area contributed by atoms with Crippen molar-refractivity contribution in [2.75, 3.05) is 5.32 Å². The zero-order chi connectivity index (χ0) is 12.3. The van der Waals surface area contributed by atoms with Crippen LogP contribution in [0.3, 0.4) is 0 Å². The third kappa shape index (κ3) is 2.57. The predicted octanol–water partition coefficient (Wildman–Crippen LogP) is 1.33. The first-order valence-electron chi connectivity index (χ1n) is 5.08. The Labute approximate surface area is 97.5 Å². The molecule has 2 N–H and O–H groups in total. The van der Waals surface area contributed by atoms with Gasteiger partial charge in [0.2, 0.25) is 0 Å². The average Bonchev–Trinajstić information content (AvgIpc) is 2.32. The molecule has 0 atom stereocenters. The van der Waals surface area contributed by atoms with Gasteiger partial charge >= 0.3 is 0 Å². The number of carbonyl (C=O) groups is 1. The molecule has 0 aliphatic carbocycles. The van der Waals surface area contributed by atoms with Crippen molar-refractivity contribution in [1.29, 1.82) is 0 Å². The normalized spacial score (nSPS) is 9.94. The van der Waals surface area contributed by atoms with Gasteiger partial charge in [0.15, 0.2) is 0 Å². The number of H-pyrrole nitrogens is 1. The van der Waals surface area contributed by atoms with Crippen LogP contribution in [0.5, 0.6) is 0 Å². The molecule has 0 saturated carbocycles. The van der Waals surface area contributed by atoms with E-state index in [1.807, 2.05) is 25.1 Å². The van der Waals surface area contributed by atoms with Gasteiger partial charge in [-0.1, -0.05) is 18.2 Å². The van der Waals surface area contributed by atoms with Crippen LogP contribution in [0.2, 0.25) is 0 Å². The SMILES string of the molecule is Cc1ccccc1NC(=O)c1cc(=O)[nH]cn1. The molecule has 2 aromatic rings. The molecule has 0 saturated heterocycles. The standard InChI is InChI=1S/C12H11N3O2/c1-8-4-2-3-5-9(8)15-12(17)10-6-11(16)14-7-13-10/h2-7H,1H3,(H,15,17)(H,13,14,16). The third-order valence-corrected chi connectivity index (χ3v) is 2.30. The molecular formula is C12H11N3O2. The molecule has 1 amide bonds. The summed E-state index contributed by atoms with van der Waals surface area (Å²) in [6, 6.07) is 8.55. The molecule has 0 fully saturated rings. The summed E-state index contributed by atoms with van der Waals surface area (Å²) in [6.07, 6.45) is 1.20. The van der Waals surface area contributed by atoms with Crippen molar-refractivity contribution in [2.45, 2.75) is 6.92 Å². The molecule has 5 nitrogen and oxygen atoms in total. The van der Waals surface area contributed by atoms with Crippen molar-refractivity contribution in [3.05, 3.63) is 58.3 Å². The van der Waals surface area contributed by atoms with Gasteiger partial charge in [0.1, 0.15) is 5.69 Å². The number of para-hydroxylation sites is 1. The van der Waals surface area contributed by atoms with Crippen LogP contribution in [0, 0.1) is 6.92 Å². The van der Waals surface area contributed by atoms with Crippen molar-refractivity contribution in [1.82, 2.24) is 9.97 Å². The quantitative estimate of drug-likeness (QED) is 0.815. The number of hydrogen-bond donors (Lipinski definition) is 2. The smallest absolute Gasteiger partial charge is 0.274 e. The maximum Gasteiger partial charge on any atom is 0.274 e. The molecule has 1 aromatic heterocycles. The highest BCUT2D eigenvalue weighted by atomic mass is 16.2. The number of nitrogens with zero attached hydrogens (tertiary/aromatic N) is 1. The zero-order valence-corrected chi connectivity index (χ0v) is 9.23. The van der Waals surface area contributed by atoms with Crippen molar-refractivity contribution in [3.8, 4) is 0 Å². The molecular weight excluding hydrogens is 218 g/mol. The molecule has 17 heavy (non-hydrogen) atoms. The Morgan fingerprint density at radius 1 is 1.35 bits per heavy atom. The number of rotatable bonds is 2. The second kappa shape index (κ2) is 4.61. The lowest BCUT2D eigenvalue weighted by Crippen LogP contribution is -2.18. The van der Waals surface area contributed by atoms with E-state index in [0.29, 0.717) is 5.69 Å². The Morgan fingerprint density at radius 2 is 2.12 bits per heavy atom. The second-order valence-corrected chi connectivity index (χ2v) is 3.57. The van der Waals surface area contributed by atoms with Crippen LogP contribution in [0.25, 0.3) is 0 Å². The molecule has 1 aromatic carbocycles. The number of benzene rings is 1. The summed E-state index contributed by atoms with van der Waals surface area (Å²) in [5.41, 5.74) is 1.40. The number of carbonyl (C=O) groups excluding carboxylic acids is 1. The Morgan fingerprint density at radius 3 is 2.82 bits per heavy atom. The second-order valence-electron chi connectivity index (χ2n) is 3.57. The number of amides is 1. The molecule has 0 spiro atoms. The number of hydrogen-bond acceptors (Lipinski definition) is 3. The minimum Gasteiger partial charge on any atom is -0.320 e. The van der Waals surface area contributed by atoms with Gasteiger partial charge in [-0.2, -0.15) is 0 Å². The summed E-state index contributed by atoms with van der Waals surface area (Å²) in [4.78, 5) is 29.0. The summed E-state index contributed by atoms with van der Waals surface area (Å²) in [5.74, 6) is -0.398. The Bertz CT molecular complexity index is 604. The van der Waals surface area contributed by atoms with Crippen molar-refractivity contribution in [3.63, 3.8) is 0 Å². The fourth-order valence-electron chi connectivity index (χ4n) is 1.39. The molecule has 0 radical (unpaired) electrons. The van der Waals surface area contributed by atoms with Crippen LogP contribution in [0.1, 0.15) is 16.1 Å². The number of anilines is 1. The molecule has 86 valence electrons. The van der Waals surface area contributed by atoms with Crippen LogP contribution < -0.4 is 10.9 Å². The highest BCUT2D eigenvalue weighted by Crippen LogP contribution is 2.13. The van der Waals surface area contributed by atoms with Crippen molar-refractivity contribution in [2.24, 2.45) is 0 Å². The van der Waals surface area contributed by atoms with E-state index >= 15 is 0 Å². The third-order valence-electron chi connectivity index (χ3n) is 2.30. The highest BCUT2D eigenvalue weighted by Gasteiger charge is 2.08. The summed E-state index contributed by atoms with van der Waals surface area (Å²) in [6.45, 7) is 1.89. The Balaban J connectivity index is 2.23. The number of aromatic amines is 1. The van der Waals surface area contributed by atoms with Gasteiger partial charge in [-0.3, -0.25) is 9.59 Å². The number of nitrogens with one attached hydrogen (secondary N) is 2. The van der Waals surface area contributed by atoms with Gasteiger partial charge < -0.3 is 10.3 Å². The lowest BCUT2D eigenvalue weighted by atomic mass is 10.2. The minimum absolute atomic E-state index is 0.0944. The van der Waals surface area contributed by atoms with E-state index in [9.17, 15) is 9.59 Å². The molecule has 1 heterocycles. The van der Waals surface area contributed by atoms with E-state index in [0.717, 1.165) is 11.6 Å². The lowest BCUT2D eigenvalue weighted by Gasteiger charge is -2.06. The average molecular weight is 229 g/mol. The van der Waals surface area contributed by atoms with Gasteiger partial charge in [-0.05, 0) is 18.6 Å². The van der Waals surface area contributed by atoms with E-state index in [2.05, 4.69) is 15.3 Å². The molecule has 0 unspecified atom stereocenters. The van der Waals surface area contributed by atoms with Crippen LogP contribution >= 0.6 is 0 Å². The molecule has 5 heteroatoms. The first-order chi connectivity index (χ1) is 8.16. The topological polar surface area (TPSA) is 74.8 Å². The van der Waals surface area contributed by atoms with E-state index in [4.69, 9.17) is 0 Å². The van der Waals surface area contributed by atoms with Crippen LogP contribution in [0.4, 0.5) is 5.69 Å². The maximum atomic E-state index is 11.8. The summed E-state index contributed by atoms with van der Waals surface area (Å²) in [7, 11) is 0. The van der Waals surface area contributed by atoms with E-state index in [-0.39, 0.29) is 11.3 Å². The molecule has 0 bridgehead atoms. The summed E-state index contributed by atoms with van der Waals surface area (Å²) in [5, 5.41) is 2.70. The van der Waals surface area contributed by atoms with E-state index in [1.165, 1.54) is 6.33 Å². The first kappa shape index (κ1) is 11.1. The summed E-state index contributed by atoms with van der Waals surface area (Å²) < 4.78 is 0. The summed E-state index contributed by atoms with van der Waals surface area (Å²) >= 11 is 0. The van der Waals surface area contributed by atoms with Crippen LogP contribution in [0.15, 0.2) is 41.5 Å². The highest BCUT2D eigenvalue weighted by molar-refractivity contribution is 6.03. The zero-order valence-electron chi connectivity index (χ0n) is 9.23. The lowest BCUT2D eigenvalue weighted by molar-refractivity contribution is 0.102. The van der Waals surface area contributed by atoms with E-state index < -0.39 is 5.91 Å². The van der Waals surface area contributed by atoms with Gasteiger partial charge in [0.25, 0.3) is 11.5 Å². The van der Waals surface area contributed by atoms with Crippen LogP contribution in [-0.2, 0) is 0 Å². The fraction of sp³-hybridized carbons (Fsp3) is 0.0833. The largest absolute Gasteiger partial charge is 0.320 e. The number of aromatic nitrogens is 2. The van der Waals surface area contributed by atoms with Gasteiger partial charge in [0, 0.05) is 11.8 Å². The fourth-order valence-corrected chi connectivity index (χ4v) is 1.39. The number of aryl methyl sites for hydroxylation is 1. The van der Waals surface area contributed by atoms with Crippen LogP contribution in [-0.4, -0.2) is 15.9 Å². The molecule has 0 aliphatic heterocycles. The molecule has 2 rings (SSSR count). The van der Waals surface area contributed by atoms with Crippen molar-refractivity contribution >= 4 is 11.6 Å². The Kier molecular flexibility index (Phi) is 3.00. The van der Waals surface area contributed by atoms with Gasteiger partial charge in [-0.25, -0.2) is 4.98 Å². The van der Waals surface area contributed by atoms with E-state index in [1.54, 1.807) is 6.07 Å². The maximum absolute atomic E-state index is 11.8. The van der Waals surface area contributed by atoms with Gasteiger partial charge in [-0.15, -0.1) is 0 Å². The Hall–Kier alpha value is -2.43. The predicted molar refractivity (Wildman–Crippen MR) is 64.0 cm³/mol. The molecule has 0 aliphatic rings. The van der Waals surface area contributed by atoms with Crippen molar-refractivity contribution < 1.29 is 4.79 Å². The van der Waals surface area contributed by atoms with Gasteiger partial charge in [0.05, 0.1) is 6.33 Å². The monoisotopic (exact) mass is 229 g/mol. The minimum atomic E-state index is -0.398. The first-order valence-corrected chi connectivity index (χ1v) is 5.08.